The summed E-state index contributed by atoms with van der Waals surface area (Å²) in [7, 11) is 0. The van der Waals surface area contributed by atoms with Crippen LogP contribution in [0.3, 0.4) is 0 Å². The standard InChI is InChI=1S/C18H17F4NO3/c1-2-9-25-16-8-3-12(18(20,21)22)10-15(16)23-17(24)11-26-14-6-4-13(19)5-7-14/h3-8,10H,2,9,11H2,1H3,(H,23,24). The van der Waals surface area contributed by atoms with Crippen molar-refractivity contribution in [1.29, 1.82) is 0 Å². The molecule has 0 radical (unpaired) electrons. The third-order valence-corrected chi connectivity index (χ3v) is 3.23. The van der Waals surface area contributed by atoms with E-state index in [1.165, 1.54) is 12.1 Å². The smallest absolute Gasteiger partial charge is 0.416 e. The van der Waals surface area contributed by atoms with E-state index in [2.05, 4.69) is 5.32 Å². The molecule has 0 spiro atoms. The van der Waals surface area contributed by atoms with E-state index in [9.17, 15) is 22.4 Å². The van der Waals surface area contributed by atoms with Crippen molar-refractivity contribution in [3.63, 3.8) is 0 Å². The summed E-state index contributed by atoms with van der Waals surface area (Å²) >= 11 is 0. The van der Waals surface area contributed by atoms with Gasteiger partial charge in [0.2, 0.25) is 0 Å². The van der Waals surface area contributed by atoms with Crippen molar-refractivity contribution in [3.8, 4) is 11.5 Å². The van der Waals surface area contributed by atoms with Gasteiger partial charge in [0, 0.05) is 0 Å². The van der Waals surface area contributed by atoms with Crippen molar-refractivity contribution in [2.45, 2.75) is 19.5 Å². The minimum Gasteiger partial charge on any atom is -0.491 e. The Kier molecular flexibility index (Phi) is 6.43. The molecule has 0 saturated heterocycles. The van der Waals surface area contributed by atoms with Crippen LogP contribution >= 0.6 is 0 Å². The summed E-state index contributed by atoms with van der Waals surface area (Å²) in [5, 5.41) is 2.35. The van der Waals surface area contributed by atoms with E-state index in [1.807, 2.05) is 6.92 Å². The van der Waals surface area contributed by atoms with Crippen LogP contribution in [0, 0.1) is 5.82 Å². The van der Waals surface area contributed by atoms with E-state index in [0.29, 0.717) is 13.0 Å². The number of benzene rings is 2. The van der Waals surface area contributed by atoms with E-state index in [0.717, 1.165) is 30.3 Å². The van der Waals surface area contributed by atoms with Gasteiger partial charge >= 0.3 is 6.18 Å². The molecule has 140 valence electrons. The fraction of sp³-hybridized carbons (Fsp3) is 0.278. The van der Waals surface area contributed by atoms with Gasteiger partial charge in [0.25, 0.3) is 5.91 Å². The van der Waals surface area contributed by atoms with Crippen molar-refractivity contribution in [2.24, 2.45) is 0 Å². The Morgan fingerprint density at radius 1 is 1.08 bits per heavy atom. The van der Waals surface area contributed by atoms with Gasteiger partial charge in [-0.05, 0) is 48.9 Å². The summed E-state index contributed by atoms with van der Waals surface area (Å²) in [6.07, 6.45) is -3.89. The minimum absolute atomic E-state index is 0.0963. The SMILES string of the molecule is CCCOc1ccc(C(F)(F)F)cc1NC(=O)COc1ccc(F)cc1. The number of carbonyl (C=O) groups is 1. The molecule has 0 saturated carbocycles. The first kappa shape index (κ1) is 19.6. The third kappa shape index (κ3) is 5.65. The molecule has 2 rings (SSSR count). The summed E-state index contributed by atoms with van der Waals surface area (Å²) in [6.45, 7) is 1.69. The predicted octanol–water partition coefficient (Wildman–Crippen LogP) is 4.65. The zero-order valence-electron chi connectivity index (χ0n) is 13.9. The lowest BCUT2D eigenvalue weighted by Gasteiger charge is -2.15. The van der Waals surface area contributed by atoms with Gasteiger partial charge in [-0.2, -0.15) is 13.2 Å². The number of ether oxygens (including phenoxy) is 2. The quantitative estimate of drug-likeness (QED) is 0.721. The highest BCUT2D eigenvalue weighted by atomic mass is 19.4. The molecule has 0 heterocycles. The molecule has 1 N–H and O–H groups in total. The lowest BCUT2D eigenvalue weighted by atomic mass is 10.1. The number of alkyl halides is 3. The van der Waals surface area contributed by atoms with E-state index < -0.39 is 30.1 Å². The van der Waals surface area contributed by atoms with Crippen LogP contribution in [0.1, 0.15) is 18.9 Å². The topological polar surface area (TPSA) is 47.6 Å². The molecular formula is C18H17F4NO3. The molecular weight excluding hydrogens is 354 g/mol. The molecule has 26 heavy (non-hydrogen) atoms. The van der Waals surface area contributed by atoms with Crippen molar-refractivity contribution in [2.75, 3.05) is 18.5 Å². The van der Waals surface area contributed by atoms with Crippen LogP contribution in [0.5, 0.6) is 11.5 Å². The molecule has 4 nitrogen and oxygen atoms in total. The molecule has 0 aliphatic heterocycles. The average Bonchev–Trinajstić information content (AvgIpc) is 2.59. The second-order valence-corrected chi connectivity index (χ2v) is 5.35. The summed E-state index contributed by atoms with van der Waals surface area (Å²) < 4.78 is 62.0. The van der Waals surface area contributed by atoms with Gasteiger partial charge in [-0.15, -0.1) is 0 Å². The highest BCUT2D eigenvalue weighted by molar-refractivity contribution is 5.93. The van der Waals surface area contributed by atoms with E-state index in [1.54, 1.807) is 0 Å². The number of nitrogens with one attached hydrogen (secondary N) is 1. The first-order valence-electron chi connectivity index (χ1n) is 7.82. The Morgan fingerprint density at radius 3 is 2.38 bits per heavy atom. The van der Waals surface area contributed by atoms with Crippen LogP contribution in [0.25, 0.3) is 0 Å². The Balaban J connectivity index is 2.09. The maximum atomic E-state index is 12.9. The van der Waals surface area contributed by atoms with Crippen LogP contribution in [0.4, 0.5) is 23.2 Å². The van der Waals surface area contributed by atoms with Gasteiger partial charge in [-0.25, -0.2) is 4.39 Å². The molecule has 0 atom stereocenters. The summed E-state index contributed by atoms with van der Waals surface area (Å²) in [6, 6.07) is 7.85. The van der Waals surface area contributed by atoms with Crippen LogP contribution < -0.4 is 14.8 Å². The van der Waals surface area contributed by atoms with Gasteiger partial charge in [0.05, 0.1) is 17.9 Å². The Labute approximate surface area is 147 Å². The van der Waals surface area contributed by atoms with Gasteiger partial charge in [-0.3, -0.25) is 4.79 Å². The summed E-state index contributed by atoms with van der Waals surface area (Å²) in [5.74, 6) is -0.735. The monoisotopic (exact) mass is 371 g/mol. The van der Waals surface area contributed by atoms with Crippen molar-refractivity contribution in [3.05, 3.63) is 53.8 Å². The fourth-order valence-electron chi connectivity index (χ4n) is 2.01. The Bertz CT molecular complexity index is 745. The predicted molar refractivity (Wildman–Crippen MR) is 87.8 cm³/mol. The molecule has 8 heteroatoms. The van der Waals surface area contributed by atoms with Crippen LogP contribution in [0.15, 0.2) is 42.5 Å². The van der Waals surface area contributed by atoms with Gasteiger partial charge < -0.3 is 14.8 Å². The van der Waals surface area contributed by atoms with Crippen LogP contribution in [0.2, 0.25) is 0 Å². The van der Waals surface area contributed by atoms with Gasteiger partial charge in [0.1, 0.15) is 17.3 Å². The van der Waals surface area contributed by atoms with Crippen LogP contribution in [-0.2, 0) is 11.0 Å². The minimum atomic E-state index is -4.55. The second kappa shape index (κ2) is 8.55. The normalized spacial score (nSPS) is 11.1. The summed E-state index contributed by atoms with van der Waals surface area (Å²) in [5.41, 5.74) is -1.00. The fourth-order valence-corrected chi connectivity index (χ4v) is 2.01. The molecule has 0 aromatic heterocycles. The zero-order valence-corrected chi connectivity index (χ0v) is 13.9. The van der Waals surface area contributed by atoms with E-state index in [-0.39, 0.29) is 17.2 Å². The first-order valence-corrected chi connectivity index (χ1v) is 7.82. The lowest BCUT2D eigenvalue weighted by molar-refractivity contribution is -0.137. The number of hydrogen-bond acceptors (Lipinski definition) is 3. The van der Waals surface area contributed by atoms with Crippen molar-refractivity contribution < 1.29 is 31.8 Å². The van der Waals surface area contributed by atoms with E-state index >= 15 is 0 Å². The van der Waals surface area contributed by atoms with Crippen LogP contribution in [-0.4, -0.2) is 19.1 Å². The van der Waals surface area contributed by atoms with Gasteiger partial charge in [-0.1, -0.05) is 6.92 Å². The molecule has 0 unspecified atom stereocenters. The third-order valence-electron chi connectivity index (χ3n) is 3.23. The molecule has 0 fully saturated rings. The number of amides is 1. The number of anilines is 1. The number of rotatable bonds is 7. The number of carbonyl (C=O) groups excluding carboxylic acids is 1. The van der Waals surface area contributed by atoms with E-state index in [4.69, 9.17) is 9.47 Å². The highest BCUT2D eigenvalue weighted by Crippen LogP contribution is 2.35. The Hall–Kier alpha value is -2.77. The Morgan fingerprint density at radius 2 is 1.77 bits per heavy atom. The maximum Gasteiger partial charge on any atom is 0.416 e. The molecule has 0 aliphatic rings. The second-order valence-electron chi connectivity index (χ2n) is 5.35. The molecule has 2 aromatic rings. The molecule has 2 aromatic carbocycles. The van der Waals surface area contributed by atoms with Crippen molar-refractivity contribution in [1.82, 2.24) is 0 Å². The van der Waals surface area contributed by atoms with Crippen molar-refractivity contribution >= 4 is 11.6 Å². The lowest BCUT2D eigenvalue weighted by Crippen LogP contribution is -2.21. The zero-order chi connectivity index (χ0) is 19.2. The highest BCUT2D eigenvalue weighted by Gasteiger charge is 2.31. The average molecular weight is 371 g/mol. The van der Waals surface area contributed by atoms with Gasteiger partial charge in [0.15, 0.2) is 6.61 Å². The molecule has 1 amide bonds. The maximum absolute atomic E-state index is 12.9. The molecule has 0 aliphatic carbocycles. The summed E-state index contributed by atoms with van der Waals surface area (Å²) in [4.78, 5) is 12.0. The number of halogens is 4. The number of hydrogen-bond donors (Lipinski definition) is 1. The molecule has 0 bridgehead atoms. The first-order chi connectivity index (χ1) is 12.3. The largest absolute Gasteiger partial charge is 0.491 e.